The zero-order valence-electron chi connectivity index (χ0n) is 42.4. The number of ether oxygens (including phenoxy) is 2. The number of carbonyl (C=O) groups excluding carboxylic acids is 2. The number of amides is 2. The molecule has 8 nitrogen and oxygen atoms in total. The van der Waals surface area contributed by atoms with Crippen LogP contribution in [-0.4, -0.2) is 73.8 Å². The molecule has 0 unspecified atom stereocenters. The van der Waals surface area contributed by atoms with Gasteiger partial charge in [0.25, 0.3) is 0 Å². The summed E-state index contributed by atoms with van der Waals surface area (Å²) in [7, 11) is 0. The molecule has 0 aliphatic heterocycles. The Labute approximate surface area is 418 Å². The van der Waals surface area contributed by atoms with Crippen LogP contribution in [0.3, 0.4) is 0 Å². The third-order valence-corrected chi connectivity index (χ3v) is 12.1. The van der Waals surface area contributed by atoms with E-state index in [-0.39, 0.29) is 23.7 Å². The number of aryl methyl sites for hydroxylation is 2. The van der Waals surface area contributed by atoms with Crippen LogP contribution in [0.4, 0.5) is 0 Å². The van der Waals surface area contributed by atoms with Crippen molar-refractivity contribution in [2.45, 2.75) is 105 Å². The molecule has 0 saturated heterocycles. The van der Waals surface area contributed by atoms with Crippen molar-refractivity contribution in [2.24, 2.45) is 11.8 Å². The highest BCUT2D eigenvalue weighted by atomic mass is 16.5. The van der Waals surface area contributed by atoms with Crippen LogP contribution in [0, 0.1) is 35.5 Å². The van der Waals surface area contributed by atoms with Gasteiger partial charge in [-0.25, -0.2) is 0 Å². The SMILES string of the molecule is C/C(=C\CCC#C/C=C/[C@@H](C)[C@@H](O)/C(C)=C/CCc1ccc2ccccc2c1)C(=O)NCCOCCOCCNC(=O)/C(C)=C/CCC#C/C=C/[C@@H](C)[C@@H](O)/C(C)=C/CCc1ccc2ccccc2c1. The van der Waals surface area contributed by atoms with Crippen LogP contribution in [0.2, 0.25) is 0 Å². The van der Waals surface area contributed by atoms with Crippen LogP contribution in [0.1, 0.15) is 91.2 Å². The number of aliphatic hydroxyl groups excluding tert-OH is 2. The molecule has 4 N–H and O–H groups in total. The molecule has 370 valence electrons. The zero-order chi connectivity index (χ0) is 50.4. The smallest absolute Gasteiger partial charge is 0.246 e. The number of rotatable bonds is 27. The van der Waals surface area contributed by atoms with Crippen molar-refractivity contribution in [1.29, 1.82) is 0 Å². The van der Waals surface area contributed by atoms with E-state index in [1.165, 1.54) is 32.7 Å². The van der Waals surface area contributed by atoms with E-state index >= 15 is 0 Å². The molecule has 0 spiro atoms. The first-order valence-electron chi connectivity index (χ1n) is 24.9. The predicted octanol–water partition coefficient (Wildman–Crippen LogP) is 11.3. The molecule has 70 heavy (non-hydrogen) atoms. The third kappa shape index (κ3) is 21.6. The van der Waals surface area contributed by atoms with Crippen molar-refractivity contribution >= 4 is 33.4 Å². The van der Waals surface area contributed by atoms with E-state index in [9.17, 15) is 19.8 Å². The van der Waals surface area contributed by atoms with Gasteiger partial charge in [0.1, 0.15) is 0 Å². The van der Waals surface area contributed by atoms with Gasteiger partial charge in [-0.2, -0.15) is 0 Å². The number of aliphatic hydroxyl groups is 2. The highest BCUT2D eigenvalue weighted by molar-refractivity contribution is 5.93. The Morgan fingerprint density at radius 2 is 0.943 bits per heavy atom. The number of carbonyl (C=O) groups is 2. The highest BCUT2D eigenvalue weighted by Crippen LogP contribution is 2.21. The molecule has 0 radical (unpaired) electrons. The number of nitrogens with one attached hydrogen (secondary N) is 2. The van der Waals surface area contributed by atoms with Crippen LogP contribution in [-0.2, 0) is 31.9 Å². The Bertz CT molecular complexity index is 2410. The lowest BCUT2D eigenvalue weighted by molar-refractivity contribution is -0.118. The van der Waals surface area contributed by atoms with Crippen molar-refractivity contribution in [3.05, 3.63) is 167 Å². The minimum Gasteiger partial charge on any atom is -0.388 e. The van der Waals surface area contributed by atoms with Crippen LogP contribution >= 0.6 is 0 Å². The fourth-order valence-corrected chi connectivity index (χ4v) is 7.65. The van der Waals surface area contributed by atoms with Gasteiger partial charge in [0.2, 0.25) is 11.8 Å². The van der Waals surface area contributed by atoms with Crippen molar-refractivity contribution in [1.82, 2.24) is 10.6 Å². The lowest BCUT2D eigenvalue weighted by Crippen LogP contribution is -2.29. The van der Waals surface area contributed by atoms with Gasteiger partial charge in [-0.3, -0.25) is 9.59 Å². The van der Waals surface area contributed by atoms with E-state index in [1.807, 2.05) is 52.0 Å². The minimum absolute atomic E-state index is 0.0566. The number of unbranched alkanes of at least 4 members (excludes halogenated alkanes) is 2. The first-order valence-corrected chi connectivity index (χ1v) is 24.9. The number of hydrogen-bond donors (Lipinski definition) is 4. The molecule has 0 bridgehead atoms. The number of allylic oxidation sites excluding steroid dienone is 6. The summed E-state index contributed by atoms with van der Waals surface area (Å²) in [5, 5.41) is 32.3. The summed E-state index contributed by atoms with van der Waals surface area (Å²) in [4.78, 5) is 24.9. The summed E-state index contributed by atoms with van der Waals surface area (Å²) in [5.41, 5.74) is 5.78. The largest absolute Gasteiger partial charge is 0.388 e. The molecule has 0 heterocycles. The Morgan fingerprint density at radius 3 is 1.36 bits per heavy atom. The third-order valence-electron chi connectivity index (χ3n) is 12.1. The molecule has 0 aromatic heterocycles. The maximum atomic E-state index is 12.4. The van der Waals surface area contributed by atoms with Gasteiger partial charge in [-0.05, 0) is 122 Å². The van der Waals surface area contributed by atoms with Crippen molar-refractivity contribution in [3.8, 4) is 23.7 Å². The molecule has 2 amide bonds. The predicted molar refractivity (Wildman–Crippen MR) is 290 cm³/mol. The van der Waals surface area contributed by atoms with Crippen LogP contribution in [0.5, 0.6) is 0 Å². The van der Waals surface area contributed by atoms with E-state index in [0.717, 1.165) is 36.8 Å². The molecule has 4 aromatic rings. The van der Waals surface area contributed by atoms with Gasteiger partial charge in [-0.1, -0.05) is 159 Å². The first-order chi connectivity index (χ1) is 33.9. The Hall–Kier alpha value is -6.26. The number of benzene rings is 4. The lowest BCUT2D eigenvalue weighted by Gasteiger charge is -2.16. The molecule has 4 rings (SSSR count). The van der Waals surface area contributed by atoms with E-state index in [2.05, 4.69) is 131 Å². The molecule has 4 atom stereocenters. The summed E-state index contributed by atoms with van der Waals surface area (Å²) in [6.07, 6.45) is 20.6. The highest BCUT2D eigenvalue weighted by Gasteiger charge is 2.14. The molecule has 8 heteroatoms. The Kier molecular flexibility index (Phi) is 26.2. The summed E-state index contributed by atoms with van der Waals surface area (Å²) in [6.45, 7) is 13.8. The van der Waals surface area contributed by atoms with E-state index in [4.69, 9.17) is 9.47 Å². The second-order valence-electron chi connectivity index (χ2n) is 17.9. The van der Waals surface area contributed by atoms with E-state index < -0.39 is 12.2 Å². The fraction of sp³-hybridized carbons (Fsp3) is 0.387. The van der Waals surface area contributed by atoms with Gasteiger partial charge in [-0.15, -0.1) is 0 Å². The molecule has 4 aromatic carbocycles. The van der Waals surface area contributed by atoms with Gasteiger partial charge >= 0.3 is 0 Å². The fourth-order valence-electron chi connectivity index (χ4n) is 7.65. The summed E-state index contributed by atoms with van der Waals surface area (Å²) >= 11 is 0. The second kappa shape index (κ2) is 32.5. The standard InChI is InChI=1S/C62H76N2O6/c1-47(59(65)49(3)27-21-29-53-35-37-55-31-17-19-33-57(55)45-53)23-13-9-7-11-15-25-51(5)61(67)63-39-41-69-43-44-70-42-40-64-62(68)52(6)26-16-12-8-10-14-24-48(2)60(66)50(4)28-22-30-54-36-38-56-32-18-20-34-58(56)46-54/h13-14,17-20,23-28,31-38,45-48,59-60,65-66H,11-12,15-16,21-22,29-30,39-44H2,1-6H3,(H,63,67)(H,64,68)/b23-13+,24-14+,49-27+,50-28+,51-25+,52-26+/t47-,48-,59-,60-/m1/s1. The minimum atomic E-state index is -0.560. The molecule has 0 saturated carbocycles. The average molecular weight is 945 g/mol. The summed E-state index contributed by atoms with van der Waals surface area (Å²) in [5.74, 6) is 11.9. The van der Waals surface area contributed by atoms with Gasteiger partial charge in [0.05, 0.1) is 38.6 Å². The first kappa shape index (κ1) is 56.3. The summed E-state index contributed by atoms with van der Waals surface area (Å²) in [6, 6.07) is 29.9. The van der Waals surface area contributed by atoms with E-state index in [0.29, 0.717) is 76.3 Å². The Morgan fingerprint density at radius 1 is 0.543 bits per heavy atom. The van der Waals surface area contributed by atoms with Crippen molar-refractivity contribution in [3.63, 3.8) is 0 Å². The van der Waals surface area contributed by atoms with Crippen LogP contribution < -0.4 is 10.6 Å². The number of fused-ring (bicyclic) bond motifs is 2. The second-order valence-corrected chi connectivity index (χ2v) is 17.9. The Balaban J connectivity index is 0.958. The maximum absolute atomic E-state index is 12.4. The number of hydrogen-bond acceptors (Lipinski definition) is 6. The van der Waals surface area contributed by atoms with Gasteiger partial charge in [0, 0.05) is 48.9 Å². The molecular formula is C62H76N2O6. The van der Waals surface area contributed by atoms with Gasteiger partial charge in [0.15, 0.2) is 0 Å². The molecular weight excluding hydrogens is 869 g/mol. The van der Waals surface area contributed by atoms with Gasteiger partial charge < -0.3 is 30.3 Å². The van der Waals surface area contributed by atoms with Crippen LogP contribution in [0.25, 0.3) is 21.5 Å². The molecule has 0 aliphatic carbocycles. The summed E-state index contributed by atoms with van der Waals surface area (Å²) < 4.78 is 11.1. The monoisotopic (exact) mass is 945 g/mol. The lowest BCUT2D eigenvalue weighted by atomic mass is 9.96. The maximum Gasteiger partial charge on any atom is 0.246 e. The van der Waals surface area contributed by atoms with Crippen LogP contribution in [0.15, 0.2) is 156 Å². The zero-order valence-corrected chi connectivity index (χ0v) is 42.4. The molecule has 0 aliphatic rings. The van der Waals surface area contributed by atoms with E-state index in [1.54, 1.807) is 26.0 Å². The normalized spacial score (nSPS) is 14.2. The average Bonchev–Trinajstić information content (AvgIpc) is 3.37. The van der Waals surface area contributed by atoms with Crippen molar-refractivity contribution < 1.29 is 29.3 Å². The molecule has 0 fully saturated rings. The quantitative estimate of drug-likeness (QED) is 0.0205. The van der Waals surface area contributed by atoms with Crippen molar-refractivity contribution in [2.75, 3.05) is 39.5 Å². The topological polar surface area (TPSA) is 117 Å².